The second-order valence-electron chi connectivity index (χ2n) is 4.88. The summed E-state index contributed by atoms with van der Waals surface area (Å²) in [6.07, 6.45) is 5.05. The number of aryl methyl sites for hydroxylation is 1. The van der Waals surface area contributed by atoms with Crippen LogP contribution in [0.1, 0.15) is 30.2 Å². The highest BCUT2D eigenvalue weighted by Crippen LogP contribution is 2.31. The lowest BCUT2D eigenvalue weighted by molar-refractivity contribution is 0.438. The van der Waals surface area contributed by atoms with E-state index in [0.29, 0.717) is 6.42 Å². The van der Waals surface area contributed by atoms with Crippen LogP contribution in [0.25, 0.3) is 0 Å². The van der Waals surface area contributed by atoms with Crippen LogP contribution in [-0.4, -0.2) is 13.4 Å². The average Bonchev–Trinajstić information content (AvgIpc) is 2.91. The Morgan fingerprint density at radius 3 is 3.00 bits per heavy atom. The Morgan fingerprint density at radius 1 is 1.43 bits per heavy atom. The first-order chi connectivity index (χ1) is 9.97. The van der Waals surface area contributed by atoms with E-state index in [9.17, 15) is 13.2 Å². The van der Waals surface area contributed by atoms with E-state index >= 15 is 0 Å². The van der Waals surface area contributed by atoms with Gasteiger partial charge in [0.2, 0.25) is 10.0 Å². The van der Waals surface area contributed by atoms with Gasteiger partial charge in [-0.3, -0.25) is 4.79 Å². The quantitative estimate of drug-likeness (QED) is 0.901. The number of hydrogen-bond acceptors (Lipinski definition) is 4. The molecule has 1 atom stereocenters. The molecule has 3 rings (SSSR count). The van der Waals surface area contributed by atoms with Crippen LogP contribution in [-0.2, 0) is 16.4 Å². The summed E-state index contributed by atoms with van der Waals surface area (Å²) in [6.45, 7) is 0. The zero-order valence-corrected chi connectivity index (χ0v) is 12.5. The summed E-state index contributed by atoms with van der Waals surface area (Å²) in [4.78, 5) is 13.4. The monoisotopic (exact) mass is 328 g/mol. The molecule has 0 fully saturated rings. The number of aromatic amines is 1. The minimum atomic E-state index is -3.77. The van der Waals surface area contributed by atoms with Gasteiger partial charge in [0, 0.05) is 18.2 Å². The van der Waals surface area contributed by atoms with Crippen LogP contribution in [0.5, 0.6) is 0 Å². The molecule has 112 valence electrons. The van der Waals surface area contributed by atoms with Gasteiger partial charge in [-0.15, -0.1) is 0 Å². The molecule has 0 aromatic carbocycles. The fourth-order valence-corrected chi connectivity index (χ4v) is 3.94. The maximum Gasteiger partial charge on any atom is 0.266 e. The standard InChI is InChI=1S/C13H13ClN2O4S/c14-10-6-8(7-15-13(10)17)21(18,19)16-11-2-1-3-12-9(11)4-5-20-12/h4-7,11,16H,1-3H2,(H,15,17). The maximum absolute atomic E-state index is 12.4. The summed E-state index contributed by atoms with van der Waals surface area (Å²) in [7, 11) is -3.77. The number of H-pyrrole nitrogens is 1. The molecule has 0 saturated heterocycles. The van der Waals surface area contributed by atoms with Gasteiger partial charge in [0.25, 0.3) is 5.56 Å². The molecular formula is C13H13ClN2O4S. The molecule has 2 N–H and O–H groups in total. The Kier molecular flexibility index (Phi) is 3.64. The number of furan rings is 1. The molecule has 0 saturated carbocycles. The van der Waals surface area contributed by atoms with Crippen molar-refractivity contribution in [2.24, 2.45) is 0 Å². The van der Waals surface area contributed by atoms with Crippen LogP contribution in [0.3, 0.4) is 0 Å². The molecule has 1 aliphatic rings. The van der Waals surface area contributed by atoms with Gasteiger partial charge in [0.1, 0.15) is 10.8 Å². The number of halogens is 1. The minimum absolute atomic E-state index is 0.0669. The Labute approximate surface area is 126 Å². The first kappa shape index (κ1) is 14.4. The highest BCUT2D eigenvalue weighted by molar-refractivity contribution is 7.89. The summed E-state index contributed by atoms with van der Waals surface area (Å²) in [5.74, 6) is 0.813. The largest absolute Gasteiger partial charge is 0.469 e. The number of pyridine rings is 1. The lowest BCUT2D eigenvalue weighted by Crippen LogP contribution is -2.31. The van der Waals surface area contributed by atoms with Crippen molar-refractivity contribution >= 4 is 21.6 Å². The number of fused-ring (bicyclic) bond motifs is 1. The molecule has 6 nitrogen and oxygen atoms in total. The van der Waals surface area contributed by atoms with Crippen LogP contribution in [0, 0.1) is 0 Å². The number of aromatic nitrogens is 1. The molecule has 0 bridgehead atoms. The molecule has 21 heavy (non-hydrogen) atoms. The third-order valence-electron chi connectivity index (χ3n) is 3.49. The van der Waals surface area contributed by atoms with Gasteiger partial charge >= 0.3 is 0 Å². The fourth-order valence-electron chi connectivity index (χ4n) is 2.46. The van der Waals surface area contributed by atoms with Crippen molar-refractivity contribution in [1.82, 2.24) is 9.71 Å². The number of sulfonamides is 1. The van der Waals surface area contributed by atoms with Crippen LogP contribution < -0.4 is 10.3 Å². The average molecular weight is 329 g/mol. The summed E-state index contributed by atoms with van der Waals surface area (Å²) >= 11 is 5.68. The minimum Gasteiger partial charge on any atom is -0.469 e. The molecule has 2 heterocycles. The van der Waals surface area contributed by atoms with E-state index in [0.717, 1.165) is 36.4 Å². The fraction of sp³-hybridized carbons (Fsp3) is 0.308. The van der Waals surface area contributed by atoms with E-state index in [1.165, 1.54) is 0 Å². The normalized spacial score (nSPS) is 18.4. The molecule has 2 aromatic rings. The zero-order valence-electron chi connectivity index (χ0n) is 10.9. The lowest BCUT2D eigenvalue weighted by atomic mass is 9.94. The Bertz CT molecular complexity index is 825. The topological polar surface area (TPSA) is 92.2 Å². The van der Waals surface area contributed by atoms with Crippen molar-refractivity contribution in [2.75, 3.05) is 0 Å². The molecule has 8 heteroatoms. The Morgan fingerprint density at radius 2 is 2.24 bits per heavy atom. The summed E-state index contributed by atoms with van der Waals surface area (Å²) < 4.78 is 32.7. The maximum atomic E-state index is 12.4. The third kappa shape index (κ3) is 2.76. The van der Waals surface area contributed by atoms with E-state index in [4.69, 9.17) is 16.0 Å². The predicted molar refractivity (Wildman–Crippen MR) is 76.8 cm³/mol. The van der Waals surface area contributed by atoms with Crippen molar-refractivity contribution in [1.29, 1.82) is 0 Å². The van der Waals surface area contributed by atoms with Crippen molar-refractivity contribution < 1.29 is 12.8 Å². The van der Waals surface area contributed by atoms with Crippen molar-refractivity contribution in [3.63, 3.8) is 0 Å². The molecule has 0 aliphatic heterocycles. The first-order valence-corrected chi connectivity index (χ1v) is 8.30. The molecule has 0 spiro atoms. The van der Waals surface area contributed by atoms with Gasteiger partial charge in [0.15, 0.2) is 0 Å². The first-order valence-electron chi connectivity index (χ1n) is 6.44. The van der Waals surface area contributed by atoms with Gasteiger partial charge in [0.05, 0.1) is 17.2 Å². The Hall–Kier alpha value is -1.57. The molecular weight excluding hydrogens is 316 g/mol. The summed E-state index contributed by atoms with van der Waals surface area (Å²) in [5, 5.41) is -0.162. The third-order valence-corrected chi connectivity index (χ3v) is 5.22. The Balaban J connectivity index is 1.91. The van der Waals surface area contributed by atoms with Gasteiger partial charge in [-0.05, 0) is 25.0 Å². The lowest BCUT2D eigenvalue weighted by Gasteiger charge is -2.22. The van der Waals surface area contributed by atoms with Crippen LogP contribution in [0.2, 0.25) is 5.02 Å². The van der Waals surface area contributed by atoms with Crippen molar-refractivity contribution in [2.45, 2.75) is 30.2 Å². The van der Waals surface area contributed by atoms with Gasteiger partial charge in [-0.25, -0.2) is 13.1 Å². The van der Waals surface area contributed by atoms with E-state index in [-0.39, 0.29) is 16.0 Å². The van der Waals surface area contributed by atoms with E-state index < -0.39 is 15.6 Å². The number of nitrogens with one attached hydrogen (secondary N) is 2. The van der Waals surface area contributed by atoms with Crippen LogP contribution in [0.4, 0.5) is 0 Å². The summed E-state index contributed by atoms with van der Waals surface area (Å²) in [5.41, 5.74) is 0.339. The molecule has 1 aliphatic carbocycles. The van der Waals surface area contributed by atoms with Gasteiger partial charge < -0.3 is 9.40 Å². The second-order valence-corrected chi connectivity index (χ2v) is 7.00. The van der Waals surface area contributed by atoms with Crippen molar-refractivity contribution in [3.05, 3.63) is 51.3 Å². The van der Waals surface area contributed by atoms with E-state index in [1.807, 2.05) is 0 Å². The number of hydrogen-bond donors (Lipinski definition) is 2. The number of rotatable bonds is 3. The smallest absolute Gasteiger partial charge is 0.266 e. The highest BCUT2D eigenvalue weighted by Gasteiger charge is 2.27. The van der Waals surface area contributed by atoms with Crippen LogP contribution >= 0.6 is 11.6 Å². The van der Waals surface area contributed by atoms with Gasteiger partial charge in [-0.1, -0.05) is 11.6 Å². The highest BCUT2D eigenvalue weighted by atomic mass is 35.5. The molecule has 0 radical (unpaired) electrons. The molecule has 0 amide bonds. The van der Waals surface area contributed by atoms with E-state index in [1.54, 1.807) is 12.3 Å². The second kappa shape index (κ2) is 5.32. The van der Waals surface area contributed by atoms with E-state index in [2.05, 4.69) is 9.71 Å². The predicted octanol–water partition coefficient (Wildman–Crippen LogP) is 1.98. The van der Waals surface area contributed by atoms with Gasteiger partial charge in [-0.2, -0.15) is 0 Å². The van der Waals surface area contributed by atoms with Crippen molar-refractivity contribution in [3.8, 4) is 0 Å². The SMILES string of the molecule is O=c1[nH]cc(S(=O)(=O)NC2CCCc3occc32)cc1Cl. The molecule has 1 unspecified atom stereocenters. The zero-order chi connectivity index (χ0) is 15.0. The van der Waals surface area contributed by atoms with Crippen LogP contribution in [0.15, 0.2) is 38.7 Å². The molecule has 2 aromatic heterocycles. The summed E-state index contributed by atoms with van der Waals surface area (Å²) in [6, 6.07) is 2.59.